The van der Waals surface area contributed by atoms with Gasteiger partial charge in [-0.05, 0) is 32.0 Å². The van der Waals surface area contributed by atoms with Gasteiger partial charge in [-0.2, -0.15) is 0 Å². The van der Waals surface area contributed by atoms with Crippen LogP contribution in [0, 0.1) is 13.8 Å². The summed E-state index contributed by atoms with van der Waals surface area (Å²) in [5.41, 5.74) is 8.20. The van der Waals surface area contributed by atoms with Gasteiger partial charge < -0.3 is 4.42 Å². The van der Waals surface area contributed by atoms with Crippen LogP contribution < -0.4 is 10.9 Å². The van der Waals surface area contributed by atoms with Crippen molar-refractivity contribution in [2.75, 3.05) is 5.43 Å². The Morgan fingerprint density at radius 2 is 1.87 bits per heavy atom. The number of hydrogen-bond donors (Lipinski definition) is 2. The molecule has 0 aliphatic rings. The molecule has 1 aromatic carbocycles. The summed E-state index contributed by atoms with van der Waals surface area (Å²) in [5.74, 6) is 0.338. The molecule has 0 aliphatic heterocycles. The first-order valence-corrected chi connectivity index (χ1v) is 7.02. The molecule has 116 valence electrons. The van der Waals surface area contributed by atoms with E-state index < -0.39 is 0 Å². The summed E-state index contributed by atoms with van der Waals surface area (Å²) in [4.78, 5) is 24.4. The molecule has 3 aromatic rings. The fraction of sp³-hybridized carbons (Fsp3) is 0.125. The fourth-order valence-corrected chi connectivity index (χ4v) is 2.05. The van der Waals surface area contributed by atoms with E-state index in [0.717, 1.165) is 16.9 Å². The van der Waals surface area contributed by atoms with Gasteiger partial charge in [0, 0.05) is 23.5 Å². The molecule has 0 saturated carbocycles. The van der Waals surface area contributed by atoms with Gasteiger partial charge in [0.1, 0.15) is 5.52 Å². The minimum absolute atomic E-state index is 0.339. The molecule has 0 aliphatic carbocycles. The SMILES string of the molecule is Cc1cc(C)nc(NNC(=O)/C=C/c2nc3ccccc3o2)n1. The highest BCUT2D eigenvalue weighted by Gasteiger charge is 2.03. The van der Waals surface area contributed by atoms with E-state index >= 15 is 0 Å². The van der Waals surface area contributed by atoms with Gasteiger partial charge in [-0.15, -0.1) is 0 Å². The summed E-state index contributed by atoms with van der Waals surface area (Å²) in [7, 11) is 0. The van der Waals surface area contributed by atoms with E-state index in [1.54, 1.807) is 0 Å². The van der Waals surface area contributed by atoms with Gasteiger partial charge in [0.25, 0.3) is 5.91 Å². The number of amides is 1. The van der Waals surface area contributed by atoms with Crippen LogP contribution in [-0.4, -0.2) is 20.9 Å². The number of aromatic nitrogens is 3. The van der Waals surface area contributed by atoms with E-state index in [4.69, 9.17) is 4.42 Å². The predicted octanol–water partition coefficient (Wildman–Crippen LogP) is 2.39. The highest BCUT2D eigenvalue weighted by molar-refractivity contribution is 5.92. The lowest BCUT2D eigenvalue weighted by atomic mass is 10.3. The number of benzene rings is 1. The van der Waals surface area contributed by atoms with Crippen LogP contribution in [0.4, 0.5) is 5.95 Å². The summed E-state index contributed by atoms with van der Waals surface area (Å²) in [6, 6.07) is 9.24. The third kappa shape index (κ3) is 3.70. The number of aryl methyl sites for hydroxylation is 2. The Bertz CT molecular complexity index is 832. The highest BCUT2D eigenvalue weighted by atomic mass is 16.3. The average molecular weight is 309 g/mol. The monoisotopic (exact) mass is 309 g/mol. The van der Waals surface area contributed by atoms with Gasteiger partial charge in [0.2, 0.25) is 11.8 Å². The molecular weight excluding hydrogens is 294 g/mol. The lowest BCUT2D eigenvalue weighted by Gasteiger charge is -2.06. The van der Waals surface area contributed by atoms with Crippen LogP contribution >= 0.6 is 0 Å². The standard InChI is InChI=1S/C16H15N5O2/c1-10-9-11(2)18-16(17-10)21-20-14(22)7-8-15-19-12-5-3-4-6-13(12)23-15/h3-9H,1-2H3,(H,20,22)(H,17,18,21)/b8-7+. The van der Waals surface area contributed by atoms with Crippen molar-refractivity contribution >= 4 is 29.0 Å². The molecule has 7 heteroatoms. The number of oxazole rings is 1. The second-order valence-electron chi connectivity index (χ2n) is 4.94. The van der Waals surface area contributed by atoms with E-state index in [1.807, 2.05) is 44.2 Å². The van der Waals surface area contributed by atoms with E-state index in [1.165, 1.54) is 12.2 Å². The van der Waals surface area contributed by atoms with Crippen molar-refractivity contribution in [2.24, 2.45) is 0 Å². The number of nitrogens with one attached hydrogen (secondary N) is 2. The van der Waals surface area contributed by atoms with Gasteiger partial charge >= 0.3 is 0 Å². The van der Waals surface area contributed by atoms with Crippen molar-refractivity contribution < 1.29 is 9.21 Å². The summed E-state index contributed by atoms with van der Waals surface area (Å²) in [5, 5.41) is 0. The van der Waals surface area contributed by atoms with Crippen molar-refractivity contribution in [1.29, 1.82) is 0 Å². The molecule has 2 N–H and O–H groups in total. The first-order valence-electron chi connectivity index (χ1n) is 7.02. The lowest BCUT2D eigenvalue weighted by Crippen LogP contribution is -2.28. The zero-order valence-electron chi connectivity index (χ0n) is 12.7. The van der Waals surface area contributed by atoms with Crippen molar-refractivity contribution in [3.8, 4) is 0 Å². The number of rotatable bonds is 4. The Morgan fingerprint density at radius 3 is 2.61 bits per heavy atom. The minimum Gasteiger partial charge on any atom is -0.437 e. The number of anilines is 1. The van der Waals surface area contributed by atoms with Gasteiger partial charge in [-0.1, -0.05) is 12.1 Å². The number of hydrogen-bond acceptors (Lipinski definition) is 6. The molecule has 0 bridgehead atoms. The molecule has 0 saturated heterocycles. The van der Waals surface area contributed by atoms with E-state index in [2.05, 4.69) is 25.8 Å². The third-order valence-corrected chi connectivity index (χ3v) is 2.97. The van der Waals surface area contributed by atoms with Crippen LogP contribution in [0.1, 0.15) is 17.3 Å². The molecule has 3 rings (SSSR count). The van der Waals surface area contributed by atoms with Crippen molar-refractivity contribution in [3.63, 3.8) is 0 Å². The number of carbonyl (C=O) groups excluding carboxylic acids is 1. The zero-order chi connectivity index (χ0) is 16.2. The molecule has 2 heterocycles. The van der Waals surface area contributed by atoms with Gasteiger partial charge in [-0.3, -0.25) is 15.6 Å². The van der Waals surface area contributed by atoms with Crippen molar-refractivity contribution in [1.82, 2.24) is 20.4 Å². The Balaban J connectivity index is 1.62. The van der Waals surface area contributed by atoms with Crippen LogP contribution in [0.3, 0.4) is 0 Å². The number of fused-ring (bicyclic) bond motifs is 1. The topological polar surface area (TPSA) is 92.9 Å². The Kier molecular flexibility index (Phi) is 4.01. The molecule has 23 heavy (non-hydrogen) atoms. The largest absolute Gasteiger partial charge is 0.437 e. The first-order chi connectivity index (χ1) is 11.1. The van der Waals surface area contributed by atoms with Gasteiger partial charge in [0.15, 0.2) is 5.58 Å². The highest BCUT2D eigenvalue weighted by Crippen LogP contribution is 2.15. The first kappa shape index (κ1) is 14.7. The quantitative estimate of drug-likeness (QED) is 0.568. The number of nitrogens with zero attached hydrogens (tertiary/aromatic N) is 3. The smallest absolute Gasteiger partial charge is 0.262 e. The molecule has 7 nitrogen and oxygen atoms in total. The minimum atomic E-state index is -0.366. The Labute approximate surface area is 132 Å². The molecule has 0 fully saturated rings. The maximum atomic E-state index is 11.8. The summed E-state index contributed by atoms with van der Waals surface area (Å²) >= 11 is 0. The molecule has 1 amide bonds. The molecule has 0 unspecified atom stereocenters. The zero-order valence-corrected chi connectivity index (χ0v) is 12.7. The fourth-order valence-electron chi connectivity index (χ4n) is 2.05. The van der Waals surface area contributed by atoms with Crippen LogP contribution in [0.25, 0.3) is 17.2 Å². The predicted molar refractivity (Wildman–Crippen MR) is 86.3 cm³/mol. The number of hydrazine groups is 1. The van der Waals surface area contributed by atoms with Crippen molar-refractivity contribution in [3.05, 3.63) is 53.7 Å². The maximum Gasteiger partial charge on any atom is 0.262 e. The summed E-state index contributed by atoms with van der Waals surface area (Å²) < 4.78 is 5.49. The normalized spacial score (nSPS) is 11.0. The number of carbonyl (C=O) groups is 1. The second kappa shape index (κ2) is 6.27. The van der Waals surface area contributed by atoms with Crippen molar-refractivity contribution in [2.45, 2.75) is 13.8 Å². The van der Waals surface area contributed by atoms with E-state index in [0.29, 0.717) is 17.4 Å². The van der Waals surface area contributed by atoms with Crippen LogP contribution in [-0.2, 0) is 4.79 Å². The van der Waals surface area contributed by atoms with Crippen LogP contribution in [0.5, 0.6) is 0 Å². The Morgan fingerprint density at radius 1 is 1.13 bits per heavy atom. The molecule has 0 spiro atoms. The van der Waals surface area contributed by atoms with E-state index in [9.17, 15) is 4.79 Å². The van der Waals surface area contributed by atoms with Gasteiger partial charge in [-0.25, -0.2) is 15.0 Å². The molecule has 2 aromatic heterocycles. The van der Waals surface area contributed by atoms with Gasteiger partial charge in [0.05, 0.1) is 0 Å². The molecular formula is C16H15N5O2. The lowest BCUT2D eigenvalue weighted by molar-refractivity contribution is -0.116. The van der Waals surface area contributed by atoms with Crippen LogP contribution in [0.2, 0.25) is 0 Å². The Hall–Kier alpha value is -3.22. The molecule has 0 radical (unpaired) electrons. The third-order valence-electron chi connectivity index (χ3n) is 2.97. The summed E-state index contributed by atoms with van der Waals surface area (Å²) in [6.45, 7) is 3.71. The van der Waals surface area contributed by atoms with Crippen LogP contribution in [0.15, 0.2) is 40.8 Å². The summed E-state index contributed by atoms with van der Waals surface area (Å²) in [6.07, 6.45) is 2.82. The van der Waals surface area contributed by atoms with E-state index in [-0.39, 0.29) is 5.91 Å². The number of para-hydroxylation sites is 2. The molecule has 0 atom stereocenters. The maximum absolute atomic E-state index is 11.8. The average Bonchev–Trinajstić information content (AvgIpc) is 2.93. The second-order valence-corrected chi connectivity index (χ2v) is 4.94.